The van der Waals surface area contributed by atoms with Crippen LogP contribution in [0.25, 0.3) is 0 Å². The van der Waals surface area contributed by atoms with Crippen LogP contribution in [0.15, 0.2) is 53.0 Å². The lowest BCUT2D eigenvalue weighted by Crippen LogP contribution is -2.45. The number of hydrogen-bond acceptors (Lipinski definition) is 3. The van der Waals surface area contributed by atoms with Gasteiger partial charge in [0, 0.05) is 29.2 Å². The highest BCUT2D eigenvalue weighted by Crippen LogP contribution is 2.23. The standard InChI is InChI=1S/C21H23BrF2N2O2/c22-18-7-3-1-5-15(18)14-28-19-8-4-2-6-17(19)21(27)25-16-9-11-26(12-10-16)13-20(23)24/h1-8,16,20H,9-14H2,(H,25,27). The van der Waals surface area contributed by atoms with Gasteiger partial charge in [-0.1, -0.05) is 46.3 Å². The highest BCUT2D eigenvalue weighted by atomic mass is 79.9. The number of ether oxygens (including phenoxy) is 1. The Kier molecular flexibility index (Phi) is 7.39. The Bertz CT molecular complexity index is 795. The van der Waals surface area contributed by atoms with Crippen LogP contribution in [0.3, 0.4) is 0 Å². The van der Waals surface area contributed by atoms with Gasteiger partial charge in [0.05, 0.1) is 12.1 Å². The lowest BCUT2D eigenvalue weighted by Gasteiger charge is -2.32. The van der Waals surface area contributed by atoms with E-state index in [-0.39, 0.29) is 18.5 Å². The predicted molar refractivity (Wildman–Crippen MR) is 108 cm³/mol. The molecule has 28 heavy (non-hydrogen) atoms. The van der Waals surface area contributed by atoms with E-state index in [0.29, 0.717) is 43.9 Å². The van der Waals surface area contributed by atoms with E-state index in [1.54, 1.807) is 23.1 Å². The molecule has 2 aromatic rings. The molecule has 4 nitrogen and oxygen atoms in total. The molecule has 1 aliphatic heterocycles. The minimum Gasteiger partial charge on any atom is -0.488 e. The molecule has 0 unspecified atom stereocenters. The fourth-order valence-corrected chi connectivity index (χ4v) is 3.67. The van der Waals surface area contributed by atoms with Crippen LogP contribution in [0.1, 0.15) is 28.8 Å². The zero-order chi connectivity index (χ0) is 19.9. The van der Waals surface area contributed by atoms with Gasteiger partial charge in [0.1, 0.15) is 12.4 Å². The third-order valence-corrected chi connectivity index (χ3v) is 5.57. The molecule has 150 valence electrons. The molecule has 0 aliphatic carbocycles. The Balaban J connectivity index is 1.58. The van der Waals surface area contributed by atoms with Gasteiger partial charge in [-0.2, -0.15) is 0 Å². The van der Waals surface area contributed by atoms with E-state index in [0.717, 1.165) is 10.0 Å². The second kappa shape index (κ2) is 9.98. The predicted octanol–water partition coefficient (Wildman–Crippen LogP) is 4.49. The molecule has 1 heterocycles. The van der Waals surface area contributed by atoms with Crippen molar-refractivity contribution >= 4 is 21.8 Å². The van der Waals surface area contributed by atoms with Crippen LogP contribution in [0, 0.1) is 0 Å². The lowest BCUT2D eigenvalue weighted by molar-refractivity contribution is 0.0695. The van der Waals surface area contributed by atoms with Gasteiger partial charge in [-0.05, 0) is 31.0 Å². The number of hydrogen-bond donors (Lipinski definition) is 1. The molecule has 1 aliphatic rings. The topological polar surface area (TPSA) is 41.6 Å². The second-order valence-corrected chi connectivity index (χ2v) is 7.67. The lowest BCUT2D eigenvalue weighted by atomic mass is 10.0. The highest BCUT2D eigenvalue weighted by molar-refractivity contribution is 9.10. The van der Waals surface area contributed by atoms with Crippen LogP contribution < -0.4 is 10.1 Å². The summed E-state index contributed by atoms with van der Waals surface area (Å²) in [6, 6.07) is 14.9. The Hall–Kier alpha value is -1.99. The van der Waals surface area contributed by atoms with Crippen LogP contribution >= 0.6 is 15.9 Å². The van der Waals surface area contributed by atoms with Crippen molar-refractivity contribution in [1.82, 2.24) is 10.2 Å². The van der Waals surface area contributed by atoms with Crippen molar-refractivity contribution in [3.8, 4) is 5.75 Å². The number of rotatable bonds is 7. The number of alkyl halides is 2. The van der Waals surface area contributed by atoms with Crippen LogP contribution in [0.2, 0.25) is 0 Å². The molecule has 2 aromatic carbocycles. The summed E-state index contributed by atoms with van der Waals surface area (Å²) >= 11 is 3.49. The molecule has 0 aromatic heterocycles. The number of nitrogens with zero attached hydrogens (tertiary/aromatic N) is 1. The average Bonchev–Trinajstić information content (AvgIpc) is 2.69. The summed E-state index contributed by atoms with van der Waals surface area (Å²) in [5.41, 5.74) is 1.47. The molecule has 1 amide bonds. The maximum Gasteiger partial charge on any atom is 0.255 e. The monoisotopic (exact) mass is 452 g/mol. The molecule has 0 atom stereocenters. The molecular weight excluding hydrogens is 430 g/mol. The van der Waals surface area contributed by atoms with Gasteiger partial charge >= 0.3 is 0 Å². The van der Waals surface area contributed by atoms with Crippen molar-refractivity contribution in [2.75, 3.05) is 19.6 Å². The third kappa shape index (κ3) is 5.75. The molecule has 0 saturated carbocycles. The first-order chi connectivity index (χ1) is 13.5. The fourth-order valence-electron chi connectivity index (χ4n) is 3.27. The van der Waals surface area contributed by atoms with Crippen molar-refractivity contribution < 1.29 is 18.3 Å². The van der Waals surface area contributed by atoms with Crippen molar-refractivity contribution in [2.24, 2.45) is 0 Å². The molecule has 3 rings (SSSR count). The first-order valence-corrected chi connectivity index (χ1v) is 10.1. The molecular formula is C21H23BrF2N2O2. The number of nitrogens with one attached hydrogen (secondary N) is 1. The van der Waals surface area contributed by atoms with Crippen molar-refractivity contribution in [2.45, 2.75) is 31.9 Å². The summed E-state index contributed by atoms with van der Waals surface area (Å²) < 4.78 is 31.8. The first-order valence-electron chi connectivity index (χ1n) is 9.29. The van der Waals surface area contributed by atoms with Crippen molar-refractivity contribution in [3.05, 3.63) is 64.1 Å². The van der Waals surface area contributed by atoms with Gasteiger partial charge < -0.3 is 10.1 Å². The number of amides is 1. The molecule has 7 heteroatoms. The number of carbonyl (C=O) groups is 1. The van der Waals surface area contributed by atoms with Gasteiger partial charge in [-0.15, -0.1) is 0 Å². The number of halogens is 3. The zero-order valence-electron chi connectivity index (χ0n) is 15.4. The van der Waals surface area contributed by atoms with Gasteiger partial charge in [-0.25, -0.2) is 8.78 Å². The number of benzene rings is 2. The summed E-state index contributed by atoms with van der Waals surface area (Å²) in [5.74, 6) is 0.320. The smallest absolute Gasteiger partial charge is 0.255 e. The van der Waals surface area contributed by atoms with Crippen LogP contribution in [-0.4, -0.2) is 42.9 Å². The maximum absolute atomic E-state index is 12.7. The zero-order valence-corrected chi connectivity index (χ0v) is 17.0. The van der Waals surface area contributed by atoms with Crippen molar-refractivity contribution in [3.63, 3.8) is 0 Å². The summed E-state index contributed by atoms with van der Waals surface area (Å²) in [6.07, 6.45) is -0.989. The SMILES string of the molecule is O=C(NC1CCN(CC(F)F)CC1)c1ccccc1OCc1ccccc1Br. The summed E-state index contributed by atoms with van der Waals surface area (Å²) in [5, 5.41) is 3.02. The van der Waals surface area contributed by atoms with E-state index in [9.17, 15) is 13.6 Å². The molecule has 0 spiro atoms. The van der Waals surface area contributed by atoms with E-state index >= 15 is 0 Å². The second-order valence-electron chi connectivity index (χ2n) is 6.82. The molecule has 1 saturated heterocycles. The molecule has 1 fully saturated rings. The Morgan fingerprint density at radius 3 is 2.54 bits per heavy atom. The number of carbonyl (C=O) groups excluding carboxylic acids is 1. The molecule has 0 radical (unpaired) electrons. The van der Waals surface area contributed by atoms with E-state index < -0.39 is 6.43 Å². The Morgan fingerprint density at radius 2 is 1.82 bits per heavy atom. The van der Waals surface area contributed by atoms with Gasteiger partial charge in [0.25, 0.3) is 12.3 Å². The fraction of sp³-hybridized carbons (Fsp3) is 0.381. The van der Waals surface area contributed by atoms with E-state index in [2.05, 4.69) is 21.2 Å². The number of para-hydroxylation sites is 1. The average molecular weight is 453 g/mol. The number of likely N-dealkylation sites (tertiary alicyclic amines) is 1. The molecule has 1 N–H and O–H groups in total. The van der Waals surface area contributed by atoms with E-state index in [1.807, 2.05) is 30.3 Å². The van der Waals surface area contributed by atoms with E-state index in [4.69, 9.17) is 4.74 Å². The minimum atomic E-state index is -2.32. The highest BCUT2D eigenvalue weighted by Gasteiger charge is 2.23. The minimum absolute atomic E-state index is 0.0160. The summed E-state index contributed by atoms with van der Waals surface area (Å²) in [6.45, 7) is 1.27. The summed E-state index contributed by atoms with van der Waals surface area (Å²) in [4.78, 5) is 14.5. The van der Waals surface area contributed by atoms with Crippen LogP contribution in [0.4, 0.5) is 8.78 Å². The normalized spacial score (nSPS) is 15.6. The first kappa shape index (κ1) is 20.7. The maximum atomic E-state index is 12.7. The van der Waals surface area contributed by atoms with Crippen LogP contribution in [-0.2, 0) is 6.61 Å². The van der Waals surface area contributed by atoms with Crippen molar-refractivity contribution in [1.29, 1.82) is 0 Å². The quantitative estimate of drug-likeness (QED) is 0.672. The third-order valence-electron chi connectivity index (χ3n) is 4.79. The Morgan fingerprint density at radius 1 is 1.14 bits per heavy atom. The van der Waals surface area contributed by atoms with Gasteiger partial charge in [0.15, 0.2) is 0 Å². The summed E-state index contributed by atoms with van der Waals surface area (Å²) in [7, 11) is 0. The van der Waals surface area contributed by atoms with Gasteiger partial charge in [-0.3, -0.25) is 9.69 Å². The Labute approximate surface area is 172 Å². The van der Waals surface area contributed by atoms with Gasteiger partial charge in [0.2, 0.25) is 0 Å². The van der Waals surface area contributed by atoms with E-state index in [1.165, 1.54) is 0 Å². The van der Waals surface area contributed by atoms with Crippen LogP contribution in [0.5, 0.6) is 5.75 Å². The number of piperidine rings is 1. The largest absolute Gasteiger partial charge is 0.488 e. The molecule has 0 bridgehead atoms.